The Balaban J connectivity index is 2.11. The zero-order valence-electron chi connectivity index (χ0n) is 14.5. The summed E-state index contributed by atoms with van der Waals surface area (Å²) in [6.45, 7) is 0. The minimum absolute atomic E-state index is 0.134. The molecule has 2 rings (SSSR count). The molecule has 0 radical (unpaired) electrons. The van der Waals surface area contributed by atoms with Crippen molar-refractivity contribution in [3.8, 4) is 0 Å². The average molecular weight is 452 g/mol. The van der Waals surface area contributed by atoms with Crippen molar-refractivity contribution < 1.29 is 14.5 Å². The Morgan fingerprint density at radius 3 is 2.56 bits per heavy atom. The van der Waals surface area contributed by atoms with E-state index in [0.717, 1.165) is 4.47 Å². The molecular formula is C18H18BrN3O4S. The van der Waals surface area contributed by atoms with Crippen LogP contribution in [0.1, 0.15) is 16.8 Å². The van der Waals surface area contributed by atoms with E-state index in [1.807, 2.05) is 6.26 Å². The fourth-order valence-electron chi connectivity index (χ4n) is 2.27. The molecule has 2 N–H and O–H groups in total. The summed E-state index contributed by atoms with van der Waals surface area (Å²) in [4.78, 5) is 35.4. The maximum Gasteiger partial charge on any atom is 0.270 e. The number of non-ortho nitro benzene ring substituents is 1. The highest BCUT2D eigenvalue weighted by atomic mass is 79.9. The van der Waals surface area contributed by atoms with E-state index in [9.17, 15) is 19.7 Å². The van der Waals surface area contributed by atoms with Gasteiger partial charge in [0.2, 0.25) is 5.91 Å². The van der Waals surface area contributed by atoms with Crippen molar-refractivity contribution in [2.24, 2.45) is 0 Å². The molecule has 0 fully saturated rings. The van der Waals surface area contributed by atoms with Gasteiger partial charge in [-0.1, -0.05) is 22.0 Å². The zero-order chi connectivity index (χ0) is 19.8. The molecule has 27 heavy (non-hydrogen) atoms. The third-order valence-corrected chi connectivity index (χ3v) is 4.84. The molecule has 0 aromatic heterocycles. The SMILES string of the molecule is CSCCC(NC(=O)c1cccc([N+](=O)[O-])c1)C(=O)Nc1ccc(Br)cc1. The third-order valence-electron chi connectivity index (χ3n) is 3.66. The molecule has 0 aliphatic rings. The summed E-state index contributed by atoms with van der Waals surface area (Å²) in [5.74, 6) is -0.200. The minimum Gasteiger partial charge on any atom is -0.340 e. The van der Waals surface area contributed by atoms with E-state index in [2.05, 4.69) is 26.6 Å². The number of anilines is 1. The van der Waals surface area contributed by atoms with Crippen molar-refractivity contribution in [1.29, 1.82) is 0 Å². The van der Waals surface area contributed by atoms with Crippen LogP contribution in [0.2, 0.25) is 0 Å². The molecule has 0 spiro atoms. The molecule has 0 heterocycles. The lowest BCUT2D eigenvalue weighted by molar-refractivity contribution is -0.384. The lowest BCUT2D eigenvalue weighted by Crippen LogP contribution is -2.44. The number of hydrogen-bond donors (Lipinski definition) is 2. The lowest BCUT2D eigenvalue weighted by atomic mass is 10.1. The maximum absolute atomic E-state index is 12.6. The molecular weight excluding hydrogens is 434 g/mol. The second-order valence-electron chi connectivity index (χ2n) is 5.61. The molecule has 2 aromatic carbocycles. The van der Waals surface area contributed by atoms with Crippen LogP contribution in [0, 0.1) is 10.1 Å². The van der Waals surface area contributed by atoms with Gasteiger partial charge in [0.05, 0.1) is 4.92 Å². The van der Waals surface area contributed by atoms with E-state index >= 15 is 0 Å². The number of nitrogens with zero attached hydrogens (tertiary/aromatic N) is 1. The van der Waals surface area contributed by atoms with Gasteiger partial charge in [0.15, 0.2) is 0 Å². The number of halogens is 1. The number of nitro groups is 1. The van der Waals surface area contributed by atoms with Crippen molar-refractivity contribution in [2.75, 3.05) is 17.3 Å². The van der Waals surface area contributed by atoms with Gasteiger partial charge in [0.1, 0.15) is 6.04 Å². The minimum atomic E-state index is -0.757. The molecule has 0 aliphatic heterocycles. The second-order valence-corrected chi connectivity index (χ2v) is 7.51. The topological polar surface area (TPSA) is 101 Å². The molecule has 0 saturated carbocycles. The monoisotopic (exact) mass is 451 g/mol. The fourth-order valence-corrected chi connectivity index (χ4v) is 3.01. The van der Waals surface area contributed by atoms with Gasteiger partial charge in [0, 0.05) is 27.9 Å². The predicted octanol–water partition coefficient (Wildman–Crippen LogP) is 3.85. The second kappa shape index (κ2) is 10.1. The molecule has 7 nitrogen and oxygen atoms in total. The fraction of sp³-hybridized carbons (Fsp3) is 0.222. The number of nitro benzene ring substituents is 1. The molecule has 1 unspecified atom stereocenters. The number of rotatable bonds is 8. The van der Waals surface area contributed by atoms with Gasteiger partial charge in [-0.3, -0.25) is 19.7 Å². The molecule has 142 valence electrons. The summed E-state index contributed by atoms with van der Waals surface area (Å²) in [6, 6.07) is 11.7. The van der Waals surface area contributed by atoms with Crippen molar-refractivity contribution in [3.63, 3.8) is 0 Å². The first-order valence-corrected chi connectivity index (χ1v) is 10.2. The van der Waals surface area contributed by atoms with Crippen LogP contribution in [0.3, 0.4) is 0 Å². The van der Waals surface area contributed by atoms with Gasteiger partial charge in [-0.25, -0.2) is 0 Å². The number of thioether (sulfide) groups is 1. The largest absolute Gasteiger partial charge is 0.340 e. The van der Waals surface area contributed by atoms with Crippen LogP contribution in [-0.2, 0) is 4.79 Å². The van der Waals surface area contributed by atoms with E-state index in [1.54, 1.807) is 36.0 Å². The number of hydrogen-bond acceptors (Lipinski definition) is 5. The first kappa shape index (κ1) is 20.9. The summed E-state index contributed by atoms with van der Waals surface area (Å²) < 4.78 is 0.887. The highest BCUT2D eigenvalue weighted by Crippen LogP contribution is 2.16. The van der Waals surface area contributed by atoms with Crippen LogP contribution in [0.4, 0.5) is 11.4 Å². The third kappa shape index (κ3) is 6.37. The predicted molar refractivity (Wildman–Crippen MR) is 110 cm³/mol. The quantitative estimate of drug-likeness (QED) is 0.468. The van der Waals surface area contributed by atoms with Crippen molar-refractivity contribution in [1.82, 2.24) is 5.32 Å². The highest BCUT2D eigenvalue weighted by Gasteiger charge is 2.22. The number of nitrogens with one attached hydrogen (secondary N) is 2. The standard InChI is InChI=1S/C18H18BrN3O4S/c1-27-10-9-16(18(24)20-14-7-5-13(19)6-8-14)21-17(23)12-3-2-4-15(11-12)22(25)26/h2-8,11,16H,9-10H2,1H3,(H,20,24)(H,21,23). The molecule has 0 aliphatic carbocycles. The number of amides is 2. The number of carbonyl (C=O) groups excluding carboxylic acids is 2. The average Bonchev–Trinajstić information content (AvgIpc) is 2.66. The van der Waals surface area contributed by atoms with E-state index < -0.39 is 16.9 Å². The van der Waals surface area contributed by atoms with Crippen LogP contribution >= 0.6 is 27.7 Å². The smallest absolute Gasteiger partial charge is 0.270 e. The first-order chi connectivity index (χ1) is 12.9. The van der Waals surface area contributed by atoms with Gasteiger partial charge in [-0.2, -0.15) is 11.8 Å². The molecule has 0 saturated heterocycles. The maximum atomic E-state index is 12.6. The Morgan fingerprint density at radius 2 is 1.93 bits per heavy atom. The van der Waals surface area contributed by atoms with Gasteiger partial charge in [-0.05, 0) is 48.8 Å². The van der Waals surface area contributed by atoms with Crippen LogP contribution in [0.15, 0.2) is 53.0 Å². The normalized spacial score (nSPS) is 11.5. The van der Waals surface area contributed by atoms with Crippen LogP contribution in [0.5, 0.6) is 0 Å². The molecule has 0 bridgehead atoms. The summed E-state index contributed by atoms with van der Waals surface area (Å²) in [6.07, 6.45) is 2.34. The van der Waals surface area contributed by atoms with Crippen LogP contribution in [0.25, 0.3) is 0 Å². The van der Waals surface area contributed by atoms with Crippen molar-refractivity contribution in [2.45, 2.75) is 12.5 Å². The Labute approximate surface area is 169 Å². The number of carbonyl (C=O) groups is 2. The Kier molecular flexibility index (Phi) is 7.81. The van der Waals surface area contributed by atoms with Crippen molar-refractivity contribution >= 4 is 50.9 Å². The van der Waals surface area contributed by atoms with E-state index in [-0.39, 0.29) is 17.2 Å². The zero-order valence-corrected chi connectivity index (χ0v) is 16.9. The van der Waals surface area contributed by atoms with Gasteiger partial charge in [-0.15, -0.1) is 0 Å². The molecule has 9 heteroatoms. The Morgan fingerprint density at radius 1 is 1.22 bits per heavy atom. The lowest BCUT2D eigenvalue weighted by Gasteiger charge is -2.18. The van der Waals surface area contributed by atoms with Crippen LogP contribution in [-0.4, -0.2) is 34.8 Å². The van der Waals surface area contributed by atoms with Gasteiger partial charge in [0.25, 0.3) is 11.6 Å². The molecule has 2 amide bonds. The summed E-state index contributed by atoms with van der Waals surface area (Å²) in [7, 11) is 0. The Hall–Kier alpha value is -2.39. The summed E-state index contributed by atoms with van der Waals surface area (Å²) >= 11 is 4.89. The first-order valence-electron chi connectivity index (χ1n) is 8.01. The highest BCUT2D eigenvalue weighted by molar-refractivity contribution is 9.10. The molecule has 2 aromatic rings. The van der Waals surface area contributed by atoms with E-state index in [0.29, 0.717) is 17.9 Å². The summed E-state index contributed by atoms with van der Waals surface area (Å²) in [5, 5.41) is 16.3. The van der Waals surface area contributed by atoms with Gasteiger partial charge < -0.3 is 10.6 Å². The summed E-state index contributed by atoms with van der Waals surface area (Å²) in [5.41, 5.74) is 0.569. The van der Waals surface area contributed by atoms with E-state index in [4.69, 9.17) is 0 Å². The van der Waals surface area contributed by atoms with Crippen molar-refractivity contribution in [3.05, 3.63) is 68.7 Å². The van der Waals surface area contributed by atoms with E-state index in [1.165, 1.54) is 24.3 Å². The van der Waals surface area contributed by atoms with Gasteiger partial charge >= 0.3 is 0 Å². The number of benzene rings is 2. The van der Waals surface area contributed by atoms with Crippen LogP contribution < -0.4 is 10.6 Å². The molecule has 1 atom stereocenters. The Bertz CT molecular complexity index is 830.